The molecule has 1 saturated heterocycles. The normalized spacial score (nSPS) is 17.2. The van der Waals surface area contributed by atoms with Gasteiger partial charge in [-0.25, -0.2) is 8.78 Å². The second kappa shape index (κ2) is 8.86. The van der Waals surface area contributed by atoms with Crippen LogP contribution < -0.4 is 14.4 Å². The third-order valence-electron chi connectivity index (χ3n) is 5.49. The van der Waals surface area contributed by atoms with Crippen LogP contribution in [-0.2, 0) is 9.59 Å². The highest BCUT2D eigenvalue weighted by molar-refractivity contribution is 6.51. The minimum Gasteiger partial charge on any atom is -0.508 e. The molecule has 34 heavy (non-hydrogen) atoms. The number of nitrogens with zero attached hydrogens (tertiary/aromatic N) is 1. The fourth-order valence-electron chi connectivity index (χ4n) is 3.84. The number of aromatic hydroxyl groups is 1. The third kappa shape index (κ3) is 3.81. The van der Waals surface area contributed by atoms with Crippen molar-refractivity contribution in [2.75, 3.05) is 19.1 Å². The Morgan fingerprint density at radius 3 is 2.18 bits per heavy atom. The predicted octanol–water partition coefficient (Wildman–Crippen LogP) is 4.31. The second-order valence-corrected chi connectivity index (χ2v) is 7.43. The smallest absolute Gasteiger partial charge is 0.300 e. The van der Waals surface area contributed by atoms with Gasteiger partial charge >= 0.3 is 0 Å². The minimum atomic E-state index is -1.20. The first-order chi connectivity index (χ1) is 16.3. The summed E-state index contributed by atoms with van der Waals surface area (Å²) in [5, 5.41) is 20.8. The van der Waals surface area contributed by atoms with Gasteiger partial charge in [0, 0.05) is 17.3 Å². The molecule has 7 nitrogen and oxygen atoms in total. The van der Waals surface area contributed by atoms with Crippen molar-refractivity contribution in [3.63, 3.8) is 0 Å². The molecule has 1 aliphatic heterocycles. The summed E-state index contributed by atoms with van der Waals surface area (Å²) in [6.07, 6.45) is 0. The van der Waals surface area contributed by atoms with Crippen molar-refractivity contribution in [3.8, 4) is 17.2 Å². The number of aliphatic hydroxyl groups is 1. The van der Waals surface area contributed by atoms with Crippen LogP contribution in [0.3, 0.4) is 0 Å². The number of Topliss-reactive ketones (excluding diaryl/α,β-unsaturated/α-hetero) is 1. The molecule has 174 valence electrons. The van der Waals surface area contributed by atoms with E-state index in [2.05, 4.69) is 0 Å². The molecule has 0 bridgehead atoms. The van der Waals surface area contributed by atoms with Gasteiger partial charge in [0.15, 0.2) is 23.1 Å². The molecule has 1 unspecified atom stereocenters. The Balaban J connectivity index is 1.94. The van der Waals surface area contributed by atoms with E-state index < -0.39 is 35.1 Å². The zero-order valence-electron chi connectivity index (χ0n) is 18.1. The van der Waals surface area contributed by atoms with E-state index in [1.165, 1.54) is 56.7 Å². The Kier molecular flexibility index (Phi) is 5.93. The molecule has 0 radical (unpaired) electrons. The molecule has 0 saturated carbocycles. The van der Waals surface area contributed by atoms with Gasteiger partial charge in [-0.3, -0.25) is 14.5 Å². The molecule has 1 aliphatic rings. The van der Waals surface area contributed by atoms with Gasteiger partial charge < -0.3 is 19.7 Å². The van der Waals surface area contributed by atoms with Crippen LogP contribution in [0.4, 0.5) is 14.5 Å². The number of aliphatic hydroxyl groups excluding tert-OH is 1. The monoisotopic (exact) mass is 467 g/mol. The van der Waals surface area contributed by atoms with Crippen LogP contribution in [0, 0.1) is 11.6 Å². The van der Waals surface area contributed by atoms with Crippen LogP contribution in [0.15, 0.2) is 66.2 Å². The molecule has 3 aromatic rings. The number of anilines is 1. The van der Waals surface area contributed by atoms with Crippen molar-refractivity contribution in [1.82, 2.24) is 0 Å². The molecule has 9 heteroatoms. The molecule has 0 aliphatic carbocycles. The maximum absolute atomic E-state index is 14.0. The van der Waals surface area contributed by atoms with Crippen LogP contribution in [0.5, 0.6) is 17.2 Å². The molecule has 1 heterocycles. The van der Waals surface area contributed by atoms with E-state index in [0.29, 0.717) is 11.3 Å². The van der Waals surface area contributed by atoms with Crippen LogP contribution in [-0.4, -0.2) is 36.1 Å². The summed E-state index contributed by atoms with van der Waals surface area (Å²) in [6.45, 7) is 0. The molecule has 3 aromatic carbocycles. The highest BCUT2D eigenvalue weighted by atomic mass is 19.2. The van der Waals surface area contributed by atoms with Gasteiger partial charge in [-0.15, -0.1) is 0 Å². The van der Waals surface area contributed by atoms with Crippen LogP contribution >= 0.6 is 0 Å². The van der Waals surface area contributed by atoms with Crippen molar-refractivity contribution in [3.05, 3.63) is 89.0 Å². The van der Waals surface area contributed by atoms with E-state index in [1.807, 2.05) is 0 Å². The molecule has 4 rings (SSSR count). The lowest BCUT2D eigenvalue weighted by atomic mass is 9.95. The number of phenols is 1. The van der Waals surface area contributed by atoms with Crippen molar-refractivity contribution in [1.29, 1.82) is 0 Å². The quantitative estimate of drug-likeness (QED) is 0.330. The summed E-state index contributed by atoms with van der Waals surface area (Å²) in [4.78, 5) is 27.1. The Morgan fingerprint density at radius 1 is 0.882 bits per heavy atom. The Bertz CT molecular complexity index is 1320. The lowest BCUT2D eigenvalue weighted by Gasteiger charge is -2.25. The van der Waals surface area contributed by atoms with Gasteiger partial charge in [0.1, 0.15) is 11.5 Å². The highest BCUT2D eigenvalue weighted by Crippen LogP contribution is 2.43. The molecule has 1 atom stereocenters. The zero-order chi connectivity index (χ0) is 24.6. The van der Waals surface area contributed by atoms with E-state index in [4.69, 9.17) is 9.47 Å². The molecular formula is C25H19F2NO6. The Labute approximate surface area is 193 Å². The van der Waals surface area contributed by atoms with Crippen molar-refractivity contribution in [2.45, 2.75) is 6.04 Å². The van der Waals surface area contributed by atoms with E-state index in [1.54, 1.807) is 0 Å². The van der Waals surface area contributed by atoms with Gasteiger partial charge in [0.2, 0.25) is 0 Å². The van der Waals surface area contributed by atoms with Gasteiger partial charge in [-0.05, 0) is 48.0 Å². The first kappa shape index (κ1) is 22.8. The first-order valence-electron chi connectivity index (χ1n) is 10.0. The number of hydrogen-bond donors (Lipinski definition) is 2. The number of phenolic OH excluding ortho intramolecular Hbond substituents is 1. The molecular weight excluding hydrogens is 448 g/mol. The van der Waals surface area contributed by atoms with Crippen LogP contribution in [0.2, 0.25) is 0 Å². The fraction of sp³-hybridized carbons (Fsp3) is 0.120. The Morgan fingerprint density at radius 2 is 1.56 bits per heavy atom. The van der Waals surface area contributed by atoms with E-state index >= 15 is 0 Å². The number of amides is 1. The standard InChI is InChI=1S/C25H19F2NO6/c1-33-19-10-5-14(11-20(19)34-2)23(30)21-22(13-3-7-16(29)8-4-13)28(25(32)24(21)31)15-6-9-17(26)18(27)12-15/h3-12,22,29-30H,1-2H3/b23-21+. The summed E-state index contributed by atoms with van der Waals surface area (Å²) in [5.74, 6) is -4.27. The first-order valence-corrected chi connectivity index (χ1v) is 10.0. The number of halogens is 2. The second-order valence-electron chi connectivity index (χ2n) is 7.43. The average molecular weight is 467 g/mol. The van der Waals surface area contributed by atoms with E-state index in [9.17, 15) is 28.6 Å². The van der Waals surface area contributed by atoms with E-state index in [0.717, 1.165) is 23.1 Å². The van der Waals surface area contributed by atoms with Gasteiger partial charge in [-0.2, -0.15) is 0 Å². The minimum absolute atomic E-state index is 0.0616. The van der Waals surface area contributed by atoms with Crippen molar-refractivity contribution in [2.24, 2.45) is 0 Å². The molecule has 0 spiro atoms. The number of hydrogen-bond acceptors (Lipinski definition) is 6. The van der Waals surface area contributed by atoms with Crippen LogP contribution in [0.1, 0.15) is 17.2 Å². The average Bonchev–Trinajstić information content (AvgIpc) is 3.10. The number of ether oxygens (including phenoxy) is 2. The van der Waals surface area contributed by atoms with Crippen LogP contribution in [0.25, 0.3) is 5.76 Å². The number of ketones is 1. The zero-order valence-corrected chi connectivity index (χ0v) is 18.1. The largest absolute Gasteiger partial charge is 0.508 e. The Hall–Kier alpha value is -4.40. The summed E-state index contributed by atoms with van der Waals surface area (Å²) in [7, 11) is 2.84. The number of methoxy groups -OCH3 is 2. The predicted molar refractivity (Wildman–Crippen MR) is 119 cm³/mol. The van der Waals surface area contributed by atoms with Gasteiger partial charge in [-0.1, -0.05) is 12.1 Å². The summed E-state index contributed by atoms with van der Waals surface area (Å²) in [6, 6.07) is 11.7. The number of carbonyl (C=O) groups is 2. The maximum atomic E-state index is 14.0. The summed E-state index contributed by atoms with van der Waals surface area (Å²) in [5.41, 5.74) is 0.173. The van der Waals surface area contributed by atoms with Gasteiger partial charge in [0.05, 0.1) is 25.8 Å². The highest BCUT2D eigenvalue weighted by Gasteiger charge is 2.47. The molecule has 0 aromatic heterocycles. The molecule has 1 fully saturated rings. The third-order valence-corrected chi connectivity index (χ3v) is 5.49. The molecule has 1 amide bonds. The maximum Gasteiger partial charge on any atom is 0.300 e. The number of benzene rings is 3. The number of rotatable bonds is 5. The molecule has 2 N–H and O–H groups in total. The van der Waals surface area contributed by atoms with Crippen molar-refractivity contribution >= 4 is 23.1 Å². The van der Waals surface area contributed by atoms with Gasteiger partial charge in [0.25, 0.3) is 11.7 Å². The topological polar surface area (TPSA) is 96.3 Å². The van der Waals surface area contributed by atoms with Crippen molar-refractivity contribution < 1.29 is 38.1 Å². The lowest BCUT2D eigenvalue weighted by Crippen LogP contribution is -2.29. The summed E-state index contributed by atoms with van der Waals surface area (Å²) < 4.78 is 38.0. The summed E-state index contributed by atoms with van der Waals surface area (Å²) >= 11 is 0. The SMILES string of the molecule is COc1ccc(/C(O)=C2\C(=O)C(=O)N(c3ccc(F)c(F)c3)C2c2ccc(O)cc2)cc1OC. The lowest BCUT2D eigenvalue weighted by molar-refractivity contribution is -0.132. The number of carbonyl (C=O) groups excluding carboxylic acids is 2. The van der Waals surface area contributed by atoms with E-state index in [-0.39, 0.29) is 28.3 Å². The fourth-order valence-corrected chi connectivity index (χ4v) is 3.84.